The van der Waals surface area contributed by atoms with Gasteiger partial charge in [0, 0.05) is 43.0 Å². The van der Waals surface area contributed by atoms with Gasteiger partial charge in [-0.2, -0.15) is 9.97 Å². The van der Waals surface area contributed by atoms with Crippen molar-refractivity contribution in [1.29, 1.82) is 0 Å². The summed E-state index contributed by atoms with van der Waals surface area (Å²) in [6.45, 7) is -7.27. The van der Waals surface area contributed by atoms with E-state index in [9.17, 15) is 57.7 Å². The van der Waals surface area contributed by atoms with Crippen molar-refractivity contribution in [2.24, 2.45) is 11.7 Å². The molecule has 0 radical (unpaired) electrons. The largest absolute Gasteiger partial charge is 0.452 e. The average molecular weight is 1320 g/mol. The van der Waals surface area contributed by atoms with Gasteiger partial charge in [0.15, 0.2) is 34.8 Å². The van der Waals surface area contributed by atoms with Crippen molar-refractivity contribution in [3.8, 4) is 0 Å². The molecule has 0 aliphatic carbocycles. The van der Waals surface area contributed by atoms with Crippen molar-refractivity contribution in [1.82, 2.24) is 59.9 Å². The van der Waals surface area contributed by atoms with E-state index in [4.69, 9.17) is 61.3 Å². The molecular weight excluding hydrogens is 1260 g/mol. The molecule has 4 aliphatic rings. The summed E-state index contributed by atoms with van der Waals surface area (Å²) in [5.41, 5.74) is 14.9. The molecule has 36 nitrogen and oxygen atoms in total. The Labute approximate surface area is 513 Å². The molecule has 89 heavy (non-hydrogen) atoms. The van der Waals surface area contributed by atoms with Gasteiger partial charge in [-0.25, -0.2) is 24.1 Å². The van der Waals surface area contributed by atoms with Gasteiger partial charge >= 0.3 is 25.6 Å². The highest BCUT2D eigenvalue weighted by Crippen LogP contribution is 2.59. The summed E-state index contributed by atoms with van der Waals surface area (Å²) in [7, 11) is 1.04. The van der Waals surface area contributed by atoms with Crippen LogP contribution in [0.4, 0.5) is 32.9 Å². The summed E-state index contributed by atoms with van der Waals surface area (Å²) in [5, 5.41) is 22.3. The fraction of sp³-hybridized carbons (Fsp3) is 0.490. The molecule has 8 amide bonds. The van der Waals surface area contributed by atoms with Crippen molar-refractivity contribution < 1.29 is 80.4 Å². The van der Waals surface area contributed by atoms with Crippen LogP contribution in [0.5, 0.6) is 0 Å². The number of amides is 8. The lowest BCUT2D eigenvalue weighted by atomic mass is 10.0. The number of aliphatic hydroxyl groups is 1. The first kappa shape index (κ1) is 65.7. The third-order valence-corrected chi connectivity index (χ3v) is 17.7. The maximum atomic E-state index is 14.4. The number of hydrogen-bond acceptors (Lipinski definition) is 25. The lowest BCUT2D eigenvalue weighted by Gasteiger charge is -2.36. The van der Waals surface area contributed by atoms with Crippen molar-refractivity contribution >= 4 is 125 Å². The maximum Gasteiger partial charge on any atom is 0.414 e. The number of imide groups is 1. The first-order valence-electron chi connectivity index (χ1n) is 27.4. The molecule has 4 aromatic heterocycles. The molecular formula is C49H63N17O19P2S2. The minimum Gasteiger partial charge on any atom is -0.452 e. The highest BCUT2D eigenvalue weighted by atomic mass is 32.7. The van der Waals surface area contributed by atoms with Crippen LogP contribution in [0.1, 0.15) is 64.8 Å². The third-order valence-electron chi connectivity index (χ3n) is 14.5. The van der Waals surface area contributed by atoms with Gasteiger partial charge in [0.1, 0.15) is 48.6 Å². The number of anilines is 4. The second-order valence-corrected chi connectivity index (χ2v) is 26.6. The summed E-state index contributed by atoms with van der Waals surface area (Å²) < 4.78 is 58.4. The number of aromatic amines is 2. The number of nitrogens with zero attached hydrogens (tertiary/aromatic N) is 8. The van der Waals surface area contributed by atoms with Crippen LogP contribution in [0.15, 0.2) is 58.7 Å². The minimum atomic E-state index is -4.67. The van der Waals surface area contributed by atoms with Gasteiger partial charge in [-0.05, 0) is 67.7 Å². The van der Waals surface area contributed by atoms with Gasteiger partial charge in [-0.3, -0.25) is 71.5 Å². The Kier molecular flexibility index (Phi) is 20.3. The van der Waals surface area contributed by atoms with Crippen LogP contribution < -0.4 is 54.5 Å². The molecule has 12 atom stereocenters. The zero-order valence-electron chi connectivity index (χ0n) is 47.4. The van der Waals surface area contributed by atoms with Crippen molar-refractivity contribution in [2.75, 3.05) is 55.1 Å². The van der Waals surface area contributed by atoms with E-state index in [1.165, 1.54) is 41.0 Å². The van der Waals surface area contributed by atoms with Gasteiger partial charge in [0.25, 0.3) is 22.9 Å². The number of nitrogens with one attached hydrogen (secondary N) is 6. The van der Waals surface area contributed by atoms with Crippen LogP contribution in [0, 0.1) is 5.92 Å². The number of ether oxygens (including phenoxy) is 3. The first-order valence-corrected chi connectivity index (χ1v) is 32.7. The number of primary amides is 1. The number of hydrogen-bond donors (Lipinski definition) is 12. The van der Waals surface area contributed by atoms with E-state index in [0.717, 1.165) is 34.1 Å². The molecule has 0 saturated carbocycles. The Balaban J connectivity index is 0.969. The van der Waals surface area contributed by atoms with E-state index in [1.807, 2.05) is 0 Å². The van der Waals surface area contributed by atoms with Gasteiger partial charge in [-0.15, -0.1) is 0 Å². The number of carbonyl (C=O) groups excluding carboxylic acids is 7. The van der Waals surface area contributed by atoms with Crippen LogP contribution in [-0.4, -0.2) is 178 Å². The number of urea groups is 1. The number of unbranched alkanes of at least 4 members (excludes halogenated alkanes) is 2. The molecule has 40 heteroatoms. The van der Waals surface area contributed by atoms with Crippen LogP contribution in [-0.2, 0) is 72.7 Å². The summed E-state index contributed by atoms with van der Waals surface area (Å²) >= 11 is 9.80. The number of aromatic nitrogens is 8. The Bertz CT molecular complexity index is 3780. The minimum absolute atomic E-state index is 0.0192. The van der Waals surface area contributed by atoms with Crippen LogP contribution >= 0.6 is 25.8 Å². The Hall–Kier alpha value is -7.74. The summed E-state index contributed by atoms with van der Waals surface area (Å²) in [6, 6.07) is 0.636. The molecule has 0 spiro atoms. The maximum absolute atomic E-state index is 14.4. The van der Waals surface area contributed by atoms with E-state index in [1.54, 1.807) is 13.8 Å². The summed E-state index contributed by atoms with van der Waals surface area (Å²) in [4.78, 5) is 152. The summed E-state index contributed by atoms with van der Waals surface area (Å²) in [6.07, 6.45) is -6.17. The Morgan fingerprint density at radius 1 is 0.843 bits per heavy atom. The smallest absolute Gasteiger partial charge is 0.414 e. The number of carbonyl (C=O) groups is 7. The van der Waals surface area contributed by atoms with Gasteiger partial charge in [0.05, 0.1) is 33.0 Å². The number of fused-ring (bicyclic) bond motifs is 4. The number of benzene rings is 1. The third kappa shape index (κ3) is 15.1. The standard InChI is InChI=1S/C49H63N17O19P2S2/c1-22(2)31(58-28(67)9-5-4-6-17-63-29(68)14-15-30(63)69)41(72)57-25(8-7-16-53-48(52)75)40(71)56-23-10-12-24(13-11-23)66(49(76)79-3)34-36-26(82-44(34)64-20-54-32-38(64)59-46(50)61-42(32)73)18-80-87(78,89)85-37-27(19-81-86(77,88)84-36)83-45(35(37)70)65-21-55-33-39(65)60-47(51)62-43(33)74/h10-15,20-22,25-27,31,34-37,44-45,70H,4-9,16-19H2,1-3H3,(H,56,71)(H,57,72)(H,58,67)(H,77,88)(H,78,89)(H3,52,53,75)(H3,50,59,61,73)(H3,51,60,62,74)/t25-,26+,27+,31-,34-,35-,36-,37+,44+,45+,86?,87?/m0/s1. The number of rotatable bonds is 20. The number of methoxy groups -OCH3 is 1. The van der Waals surface area contributed by atoms with Crippen LogP contribution in [0.3, 0.4) is 0 Å². The van der Waals surface area contributed by atoms with E-state index < -0.39 is 147 Å². The van der Waals surface area contributed by atoms with E-state index in [0.29, 0.717) is 19.3 Å². The molecule has 0 bridgehead atoms. The number of nitrogens with two attached hydrogens (primary N) is 3. The molecule has 14 N–H and O–H groups in total. The zero-order valence-corrected chi connectivity index (χ0v) is 50.9. The lowest BCUT2D eigenvalue weighted by molar-refractivity contribution is -0.137. The molecule has 2 unspecified atom stereocenters. The second-order valence-electron chi connectivity index (χ2n) is 21.0. The molecule has 4 aliphatic heterocycles. The quantitative estimate of drug-likeness (QED) is 0.0207. The number of thiol groups is 1. The topological polar surface area (TPSA) is 501 Å². The van der Waals surface area contributed by atoms with Gasteiger partial charge in [-0.1, -0.05) is 32.5 Å². The first-order chi connectivity index (χ1) is 42.2. The Morgan fingerprint density at radius 2 is 1.44 bits per heavy atom. The number of aliphatic hydroxyl groups excluding tert-OH is 1. The highest BCUT2D eigenvalue weighted by Gasteiger charge is 2.56. The molecule has 3 saturated heterocycles. The average Bonchev–Trinajstić information content (AvgIpc) is 1.68. The van der Waals surface area contributed by atoms with Crippen molar-refractivity contribution in [2.45, 2.75) is 113 Å². The fourth-order valence-electron chi connectivity index (χ4n) is 10.3. The molecule has 3 fully saturated rings. The Morgan fingerprint density at radius 3 is 2.04 bits per heavy atom. The normalized spacial score (nSPS) is 26.0. The van der Waals surface area contributed by atoms with E-state index in [2.05, 4.69) is 63.4 Å². The predicted octanol–water partition coefficient (Wildman–Crippen LogP) is -0.216. The molecule has 9 rings (SSSR count). The van der Waals surface area contributed by atoms with E-state index in [-0.39, 0.29) is 78.0 Å². The SMILES string of the molecule is COC(=O)N(c1ccc(NC(=O)[C@H](CCCNC(N)=O)NC(=O)[C@@H](NC(=O)CCCCCN2C(=O)C=CC2=O)C(C)C)cc1)[C@H]1[C@H]2OP(O)(=S)OC[C@H]3O[C@@H](n4cnc5c(=O)[nH]c(N)nc54)[C@@H](O)[C@@H]3OP(=O)(S)OC[C@H]2O[C@H]1n1cnc2c(=O)[nH]c(N)nc21. The van der Waals surface area contributed by atoms with Crippen molar-refractivity contribution in [3.63, 3.8) is 0 Å². The van der Waals surface area contributed by atoms with Crippen LogP contribution in [0.2, 0.25) is 0 Å². The molecule has 8 heterocycles. The molecule has 5 aromatic rings. The fourth-order valence-corrected chi connectivity index (χ4v) is 13.2. The number of H-pyrrole nitrogens is 2. The van der Waals surface area contributed by atoms with Crippen molar-refractivity contribution in [3.05, 3.63) is 69.8 Å². The lowest BCUT2D eigenvalue weighted by Crippen LogP contribution is -2.54. The number of nitrogen functional groups attached to an aromatic ring is 2. The monoisotopic (exact) mass is 1320 g/mol. The van der Waals surface area contributed by atoms with Gasteiger partial charge in [0.2, 0.25) is 29.6 Å². The highest BCUT2D eigenvalue weighted by molar-refractivity contribution is 8.44. The van der Waals surface area contributed by atoms with E-state index >= 15 is 0 Å². The summed E-state index contributed by atoms with van der Waals surface area (Å²) in [5.74, 6) is -3.83. The predicted molar refractivity (Wildman–Crippen MR) is 317 cm³/mol. The second kappa shape index (κ2) is 27.6. The zero-order chi connectivity index (χ0) is 64.2. The van der Waals surface area contributed by atoms with Gasteiger partial charge < -0.3 is 71.7 Å². The molecule has 1 aromatic carbocycles. The molecule has 480 valence electrons. The number of imidazole rings is 2. The van der Waals surface area contributed by atoms with Crippen LogP contribution in [0.25, 0.3) is 22.3 Å².